The van der Waals surface area contributed by atoms with Gasteiger partial charge in [-0.25, -0.2) is 4.79 Å². The maximum atomic E-state index is 12.0. The molecule has 0 saturated heterocycles. The van der Waals surface area contributed by atoms with E-state index in [0.717, 1.165) is 5.56 Å². The van der Waals surface area contributed by atoms with E-state index in [4.69, 9.17) is 9.29 Å². The van der Waals surface area contributed by atoms with Gasteiger partial charge in [0.2, 0.25) is 0 Å². The van der Waals surface area contributed by atoms with Crippen LogP contribution in [0, 0.1) is 0 Å². The molecule has 0 aliphatic heterocycles. The molecule has 0 aliphatic carbocycles. The van der Waals surface area contributed by atoms with E-state index in [1.165, 1.54) is 18.2 Å². The van der Waals surface area contributed by atoms with Crippen LogP contribution >= 0.6 is 0 Å². The van der Waals surface area contributed by atoms with Crippen molar-refractivity contribution in [1.29, 1.82) is 0 Å². The largest absolute Gasteiger partial charge is 0.444 e. The maximum absolute atomic E-state index is 12.0. The molecule has 0 aromatic heterocycles. The highest BCUT2D eigenvalue weighted by molar-refractivity contribution is 7.85. The van der Waals surface area contributed by atoms with E-state index < -0.39 is 16.2 Å². The predicted molar refractivity (Wildman–Crippen MR) is 94.0 cm³/mol. The Bertz CT molecular complexity index is 1020. The quantitative estimate of drug-likeness (QED) is 0.692. The Morgan fingerprint density at radius 2 is 1.76 bits per heavy atom. The molecule has 6 nitrogen and oxygen atoms in total. The summed E-state index contributed by atoms with van der Waals surface area (Å²) in [5.74, 6) is 0. The average Bonchev–Trinajstić information content (AvgIpc) is 2.60. The van der Waals surface area contributed by atoms with Crippen LogP contribution in [-0.2, 0) is 21.5 Å². The van der Waals surface area contributed by atoms with Crippen LogP contribution in [0.1, 0.15) is 5.56 Å². The SMILES string of the molecule is O=C(Nc1cccc2cc(S(=O)(=O)O)ccc12)OCc1ccccc1. The Hall–Kier alpha value is -2.90. The van der Waals surface area contributed by atoms with Gasteiger partial charge in [-0.2, -0.15) is 8.42 Å². The predicted octanol–water partition coefficient (Wildman–Crippen LogP) is 3.84. The lowest BCUT2D eigenvalue weighted by atomic mass is 10.1. The fourth-order valence-electron chi connectivity index (χ4n) is 2.40. The van der Waals surface area contributed by atoms with Crippen molar-refractivity contribution in [3.05, 3.63) is 72.3 Å². The summed E-state index contributed by atoms with van der Waals surface area (Å²) in [7, 11) is -4.28. The number of amides is 1. The number of carbonyl (C=O) groups is 1. The highest BCUT2D eigenvalue weighted by Gasteiger charge is 2.12. The van der Waals surface area contributed by atoms with Gasteiger partial charge in [0.25, 0.3) is 10.1 Å². The van der Waals surface area contributed by atoms with E-state index in [0.29, 0.717) is 16.5 Å². The summed E-state index contributed by atoms with van der Waals surface area (Å²) in [5, 5.41) is 3.84. The molecule has 3 rings (SSSR count). The maximum Gasteiger partial charge on any atom is 0.411 e. The molecule has 0 heterocycles. The van der Waals surface area contributed by atoms with Crippen molar-refractivity contribution >= 4 is 32.7 Å². The molecule has 2 N–H and O–H groups in total. The van der Waals surface area contributed by atoms with Gasteiger partial charge in [-0.05, 0) is 29.1 Å². The third kappa shape index (κ3) is 4.14. The fraction of sp³-hybridized carbons (Fsp3) is 0.0556. The lowest BCUT2D eigenvalue weighted by molar-refractivity contribution is 0.155. The topological polar surface area (TPSA) is 92.7 Å². The van der Waals surface area contributed by atoms with E-state index >= 15 is 0 Å². The second-order valence-corrected chi connectivity index (χ2v) is 6.77. The highest BCUT2D eigenvalue weighted by Crippen LogP contribution is 2.26. The van der Waals surface area contributed by atoms with E-state index in [1.807, 2.05) is 30.3 Å². The van der Waals surface area contributed by atoms with Crippen molar-refractivity contribution in [2.75, 3.05) is 5.32 Å². The van der Waals surface area contributed by atoms with Gasteiger partial charge in [-0.1, -0.05) is 48.5 Å². The molecule has 0 atom stereocenters. The average molecular weight is 357 g/mol. The first kappa shape index (κ1) is 16.9. The molecule has 0 unspecified atom stereocenters. The molecular formula is C18H15NO5S. The van der Waals surface area contributed by atoms with Crippen LogP contribution in [0.3, 0.4) is 0 Å². The number of rotatable bonds is 4. The minimum Gasteiger partial charge on any atom is -0.444 e. The Labute approximate surface area is 144 Å². The summed E-state index contributed by atoms with van der Waals surface area (Å²) in [6.07, 6.45) is -0.616. The van der Waals surface area contributed by atoms with Gasteiger partial charge in [0.05, 0.1) is 10.6 Å². The van der Waals surface area contributed by atoms with E-state index in [2.05, 4.69) is 5.32 Å². The zero-order chi connectivity index (χ0) is 17.9. The molecular weight excluding hydrogens is 342 g/mol. The lowest BCUT2D eigenvalue weighted by Crippen LogP contribution is -2.13. The third-order valence-electron chi connectivity index (χ3n) is 3.60. The molecule has 128 valence electrons. The summed E-state index contributed by atoms with van der Waals surface area (Å²) in [6, 6.07) is 18.5. The van der Waals surface area contributed by atoms with Gasteiger partial charge in [0, 0.05) is 5.39 Å². The van der Waals surface area contributed by atoms with Crippen LogP contribution in [0.2, 0.25) is 0 Å². The number of ether oxygens (including phenoxy) is 1. The van der Waals surface area contributed by atoms with E-state index in [9.17, 15) is 13.2 Å². The first-order valence-corrected chi connectivity index (χ1v) is 8.85. The molecule has 0 saturated carbocycles. The molecule has 3 aromatic carbocycles. The van der Waals surface area contributed by atoms with E-state index in [1.54, 1.807) is 18.2 Å². The van der Waals surface area contributed by atoms with Crippen molar-refractivity contribution in [1.82, 2.24) is 0 Å². The second-order valence-electron chi connectivity index (χ2n) is 5.35. The number of anilines is 1. The summed E-state index contributed by atoms with van der Waals surface area (Å²) in [6.45, 7) is 0.143. The Morgan fingerprint density at radius 1 is 1.00 bits per heavy atom. The minimum absolute atomic E-state index is 0.143. The normalized spacial score (nSPS) is 11.2. The molecule has 7 heteroatoms. The number of hydrogen-bond acceptors (Lipinski definition) is 4. The van der Waals surface area contributed by atoms with Crippen LogP contribution in [0.4, 0.5) is 10.5 Å². The number of fused-ring (bicyclic) bond motifs is 1. The van der Waals surface area contributed by atoms with Gasteiger partial charge in [-0.3, -0.25) is 9.87 Å². The molecule has 0 spiro atoms. The summed E-state index contributed by atoms with van der Waals surface area (Å²) < 4.78 is 36.7. The van der Waals surface area contributed by atoms with Gasteiger partial charge in [-0.15, -0.1) is 0 Å². The summed E-state index contributed by atoms with van der Waals surface area (Å²) >= 11 is 0. The van der Waals surface area contributed by atoms with Crippen molar-refractivity contribution in [3.8, 4) is 0 Å². The van der Waals surface area contributed by atoms with Crippen molar-refractivity contribution in [2.24, 2.45) is 0 Å². The van der Waals surface area contributed by atoms with Gasteiger partial charge in [0.1, 0.15) is 6.61 Å². The standard InChI is InChI=1S/C18H15NO5S/c20-18(24-12-13-5-2-1-3-6-13)19-17-8-4-7-14-11-15(25(21,22)23)9-10-16(14)17/h1-11H,12H2,(H,19,20)(H,21,22,23). The molecule has 0 bridgehead atoms. The molecule has 25 heavy (non-hydrogen) atoms. The number of benzene rings is 3. The summed E-state index contributed by atoms with van der Waals surface area (Å²) in [4.78, 5) is 11.8. The molecule has 0 aliphatic rings. The highest BCUT2D eigenvalue weighted by atomic mass is 32.2. The summed E-state index contributed by atoms with van der Waals surface area (Å²) in [5.41, 5.74) is 1.35. The number of nitrogens with one attached hydrogen (secondary N) is 1. The van der Waals surface area contributed by atoms with Crippen LogP contribution in [-0.4, -0.2) is 19.1 Å². The lowest BCUT2D eigenvalue weighted by Gasteiger charge is -2.10. The second kappa shape index (κ2) is 6.92. The smallest absolute Gasteiger partial charge is 0.411 e. The van der Waals surface area contributed by atoms with Crippen LogP contribution < -0.4 is 5.32 Å². The van der Waals surface area contributed by atoms with Gasteiger partial charge >= 0.3 is 6.09 Å². The zero-order valence-corrected chi connectivity index (χ0v) is 13.9. The van der Waals surface area contributed by atoms with Gasteiger partial charge < -0.3 is 4.74 Å². The van der Waals surface area contributed by atoms with E-state index in [-0.39, 0.29) is 11.5 Å². The van der Waals surface area contributed by atoms with Crippen molar-refractivity contribution in [2.45, 2.75) is 11.5 Å². The number of carbonyl (C=O) groups excluding carboxylic acids is 1. The van der Waals surface area contributed by atoms with Gasteiger partial charge in [0.15, 0.2) is 0 Å². The zero-order valence-electron chi connectivity index (χ0n) is 13.0. The first-order valence-electron chi connectivity index (χ1n) is 7.41. The number of hydrogen-bond donors (Lipinski definition) is 2. The van der Waals surface area contributed by atoms with Crippen LogP contribution in [0.25, 0.3) is 10.8 Å². The third-order valence-corrected chi connectivity index (χ3v) is 4.45. The molecule has 0 fully saturated rings. The Morgan fingerprint density at radius 3 is 2.48 bits per heavy atom. The Kier molecular flexibility index (Phi) is 4.69. The Balaban J connectivity index is 1.78. The monoisotopic (exact) mass is 357 g/mol. The van der Waals surface area contributed by atoms with Crippen LogP contribution in [0.15, 0.2) is 71.6 Å². The minimum atomic E-state index is -4.28. The first-order chi connectivity index (χ1) is 11.9. The molecule has 1 amide bonds. The molecule has 0 radical (unpaired) electrons. The fourth-order valence-corrected chi connectivity index (χ4v) is 2.92. The molecule has 3 aromatic rings. The van der Waals surface area contributed by atoms with Crippen molar-refractivity contribution < 1.29 is 22.5 Å². The van der Waals surface area contributed by atoms with Crippen LogP contribution in [0.5, 0.6) is 0 Å². The van der Waals surface area contributed by atoms with Crippen molar-refractivity contribution in [3.63, 3.8) is 0 Å².